The van der Waals surface area contributed by atoms with E-state index < -0.39 is 0 Å². The highest BCUT2D eigenvalue weighted by Gasteiger charge is 2.62. The lowest BCUT2D eigenvalue weighted by Gasteiger charge is -2.29. The van der Waals surface area contributed by atoms with Gasteiger partial charge in [-0.2, -0.15) is 5.10 Å². The van der Waals surface area contributed by atoms with E-state index in [0.29, 0.717) is 18.4 Å². The zero-order chi connectivity index (χ0) is 22.0. The normalized spacial score (nSPS) is 28.8. The number of ether oxygens (including phenoxy) is 1. The molecule has 31 heavy (non-hydrogen) atoms. The zero-order valence-electron chi connectivity index (χ0n) is 17.2. The Balaban J connectivity index is 0.000000730. The number of rotatable bonds is 6. The van der Waals surface area contributed by atoms with Gasteiger partial charge in [0.25, 0.3) is 12.4 Å². The predicted molar refractivity (Wildman–Crippen MR) is 110 cm³/mol. The van der Waals surface area contributed by atoms with Crippen molar-refractivity contribution in [2.75, 3.05) is 19.6 Å². The summed E-state index contributed by atoms with van der Waals surface area (Å²) in [5.41, 5.74) is -0.0817. The molecule has 1 amide bonds. The first kappa shape index (κ1) is 21.8. The van der Waals surface area contributed by atoms with Crippen molar-refractivity contribution in [2.24, 2.45) is 11.8 Å². The first-order chi connectivity index (χ1) is 15.0. The topological polar surface area (TPSA) is 134 Å². The SMILES string of the molecule is CCc1n[nH]c(CN2C[C@@H]3[C@H](CNC(=O)c4ccc(Cl)o4)[C@H]4CC[C@]3(C2)O4)n1.O=CO. The molecule has 2 aromatic rings. The molecule has 3 aliphatic rings. The highest BCUT2D eigenvalue weighted by Crippen LogP contribution is 2.54. The fourth-order valence-electron chi connectivity index (χ4n) is 5.19. The van der Waals surface area contributed by atoms with Gasteiger partial charge in [-0.1, -0.05) is 6.92 Å². The van der Waals surface area contributed by atoms with Crippen molar-refractivity contribution in [3.05, 3.63) is 34.8 Å². The third kappa shape index (κ3) is 4.32. The molecule has 10 nitrogen and oxygen atoms in total. The first-order valence-corrected chi connectivity index (χ1v) is 10.8. The zero-order valence-corrected chi connectivity index (χ0v) is 18.0. The number of aromatic nitrogens is 3. The van der Waals surface area contributed by atoms with Gasteiger partial charge in [0.05, 0.1) is 18.2 Å². The van der Waals surface area contributed by atoms with E-state index in [2.05, 4.69) is 25.4 Å². The molecule has 3 fully saturated rings. The predicted octanol–water partition coefficient (Wildman–Crippen LogP) is 1.72. The van der Waals surface area contributed by atoms with Gasteiger partial charge in [-0.25, -0.2) is 4.98 Å². The Morgan fingerprint density at radius 1 is 1.52 bits per heavy atom. The molecule has 2 bridgehead atoms. The molecule has 11 heteroatoms. The molecule has 5 heterocycles. The summed E-state index contributed by atoms with van der Waals surface area (Å²) in [6.07, 6.45) is 3.20. The number of carbonyl (C=O) groups excluding carboxylic acids is 1. The molecule has 0 aliphatic carbocycles. The van der Waals surface area contributed by atoms with E-state index in [0.717, 1.165) is 50.5 Å². The largest absolute Gasteiger partial charge is 0.483 e. The second-order valence-electron chi connectivity index (χ2n) is 8.17. The minimum Gasteiger partial charge on any atom is -0.483 e. The van der Waals surface area contributed by atoms with Crippen LogP contribution in [-0.2, 0) is 22.5 Å². The summed E-state index contributed by atoms with van der Waals surface area (Å²) in [7, 11) is 0. The van der Waals surface area contributed by atoms with Gasteiger partial charge in [0, 0.05) is 37.9 Å². The number of aryl methyl sites for hydroxylation is 1. The fraction of sp³-hybridized carbons (Fsp3) is 0.600. The summed E-state index contributed by atoms with van der Waals surface area (Å²) < 4.78 is 11.6. The summed E-state index contributed by atoms with van der Waals surface area (Å²) in [6, 6.07) is 3.17. The number of fused-ring (bicyclic) bond motifs is 1. The Morgan fingerprint density at radius 2 is 2.32 bits per heavy atom. The summed E-state index contributed by atoms with van der Waals surface area (Å²) in [5, 5.41) is 17.4. The van der Waals surface area contributed by atoms with Gasteiger partial charge < -0.3 is 19.6 Å². The van der Waals surface area contributed by atoms with Crippen LogP contribution in [0.1, 0.15) is 42.0 Å². The van der Waals surface area contributed by atoms with E-state index in [-0.39, 0.29) is 35.1 Å². The van der Waals surface area contributed by atoms with Gasteiger partial charge in [0.15, 0.2) is 11.0 Å². The summed E-state index contributed by atoms with van der Waals surface area (Å²) >= 11 is 5.76. The van der Waals surface area contributed by atoms with Crippen LogP contribution in [0.25, 0.3) is 0 Å². The van der Waals surface area contributed by atoms with E-state index in [1.54, 1.807) is 12.1 Å². The van der Waals surface area contributed by atoms with Crippen molar-refractivity contribution < 1.29 is 23.8 Å². The Labute approximate surface area is 184 Å². The van der Waals surface area contributed by atoms with Crippen LogP contribution in [0.3, 0.4) is 0 Å². The molecule has 0 saturated carbocycles. The molecule has 4 atom stereocenters. The number of carboxylic acid groups (broad SMARTS) is 1. The fourth-order valence-corrected chi connectivity index (χ4v) is 5.34. The third-order valence-electron chi connectivity index (χ3n) is 6.42. The lowest BCUT2D eigenvalue weighted by Crippen LogP contribution is -2.41. The van der Waals surface area contributed by atoms with E-state index >= 15 is 0 Å². The van der Waals surface area contributed by atoms with Crippen molar-refractivity contribution in [1.82, 2.24) is 25.4 Å². The number of furan rings is 1. The van der Waals surface area contributed by atoms with Gasteiger partial charge in [0.2, 0.25) is 0 Å². The maximum absolute atomic E-state index is 12.3. The number of nitrogens with one attached hydrogen (secondary N) is 2. The number of aromatic amines is 1. The monoisotopic (exact) mass is 451 g/mol. The van der Waals surface area contributed by atoms with Gasteiger partial charge in [0.1, 0.15) is 11.6 Å². The molecule has 2 aromatic heterocycles. The maximum atomic E-state index is 12.3. The van der Waals surface area contributed by atoms with Crippen LogP contribution >= 0.6 is 11.6 Å². The highest BCUT2D eigenvalue weighted by atomic mass is 35.5. The number of hydrogen-bond donors (Lipinski definition) is 3. The van der Waals surface area contributed by atoms with E-state index in [1.807, 2.05) is 6.92 Å². The molecule has 168 valence electrons. The number of nitrogens with zero attached hydrogens (tertiary/aromatic N) is 3. The van der Waals surface area contributed by atoms with Crippen molar-refractivity contribution in [3.63, 3.8) is 0 Å². The highest BCUT2D eigenvalue weighted by molar-refractivity contribution is 6.29. The quantitative estimate of drug-likeness (QED) is 0.565. The molecule has 3 aliphatic heterocycles. The van der Waals surface area contributed by atoms with Gasteiger partial charge >= 0.3 is 0 Å². The Morgan fingerprint density at radius 3 is 3.00 bits per heavy atom. The van der Waals surface area contributed by atoms with Gasteiger partial charge in [-0.3, -0.25) is 19.6 Å². The average Bonchev–Trinajstić information content (AvgIpc) is 3.54. The van der Waals surface area contributed by atoms with Crippen LogP contribution in [0.5, 0.6) is 0 Å². The molecule has 0 radical (unpaired) electrons. The number of hydrogen-bond acceptors (Lipinski definition) is 7. The third-order valence-corrected chi connectivity index (χ3v) is 6.62. The van der Waals surface area contributed by atoms with E-state index in [4.69, 9.17) is 30.7 Å². The van der Waals surface area contributed by atoms with E-state index in [9.17, 15) is 4.79 Å². The van der Waals surface area contributed by atoms with Crippen LogP contribution < -0.4 is 5.32 Å². The maximum Gasteiger partial charge on any atom is 0.290 e. The van der Waals surface area contributed by atoms with Gasteiger partial charge in [-0.15, -0.1) is 0 Å². The van der Waals surface area contributed by atoms with Crippen LogP contribution in [-0.4, -0.2) is 68.9 Å². The van der Waals surface area contributed by atoms with Crippen molar-refractivity contribution >= 4 is 24.0 Å². The molecular formula is C20H26ClN5O5. The molecule has 3 saturated heterocycles. The van der Waals surface area contributed by atoms with Crippen LogP contribution in [0, 0.1) is 11.8 Å². The number of carbonyl (C=O) groups is 2. The van der Waals surface area contributed by atoms with Crippen LogP contribution in [0.2, 0.25) is 5.22 Å². The van der Waals surface area contributed by atoms with Gasteiger partial charge in [-0.05, 0) is 36.6 Å². The van der Waals surface area contributed by atoms with Crippen molar-refractivity contribution in [2.45, 2.75) is 44.4 Å². The van der Waals surface area contributed by atoms with Crippen LogP contribution in [0.15, 0.2) is 16.5 Å². The lowest BCUT2D eigenvalue weighted by atomic mass is 9.73. The Hall–Kier alpha value is -2.43. The molecule has 1 spiro atoms. The summed E-state index contributed by atoms with van der Waals surface area (Å²) in [6.45, 7) is 5.00. The lowest BCUT2D eigenvalue weighted by molar-refractivity contribution is -0.122. The average molecular weight is 452 g/mol. The molecule has 0 unspecified atom stereocenters. The summed E-state index contributed by atoms with van der Waals surface area (Å²) in [4.78, 5) is 27.6. The van der Waals surface area contributed by atoms with Crippen molar-refractivity contribution in [3.8, 4) is 0 Å². The second kappa shape index (κ2) is 8.97. The molecular weight excluding hydrogens is 426 g/mol. The molecule has 3 N–H and O–H groups in total. The summed E-state index contributed by atoms with van der Waals surface area (Å²) in [5.74, 6) is 2.50. The second-order valence-corrected chi connectivity index (χ2v) is 8.54. The minimum atomic E-state index is -0.250. The molecule has 5 rings (SSSR count). The number of likely N-dealkylation sites (tertiary alicyclic amines) is 1. The number of amides is 1. The van der Waals surface area contributed by atoms with Crippen molar-refractivity contribution in [1.29, 1.82) is 0 Å². The Bertz CT molecular complexity index is 933. The van der Waals surface area contributed by atoms with Crippen LogP contribution in [0.4, 0.5) is 0 Å². The first-order valence-electron chi connectivity index (χ1n) is 10.4. The van der Waals surface area contributed by atoms with E-state index in [1.165, 1.54) is 0 Å². The Kier molecular flexibility index (Phi) is 6.31. The smallest absolute Gasteiger partial charge is 0.290 e. The minimum absolute atomic E-state index is 0.0817. The molecule has 0 aromatic carbocycles. The number of halogens is 1. The number of H-pyrrole nitrogens is 1. The standard InChI is InChI=1S/C19H24ClN5O3.CH2O2/c1-2-16-22-17(24-23-16)9-25-8-12-11(13-5-6-19(12,10-25)28-13)7-21-18(26)14-3-4-15(20)27-14;2-1-3/h3-4,11-13H,2,5-10H2,1H3,(H,21,26)(H,22,23,24);1H,(H,2,3)/t11-,12+,13+,19+;/m0./s1.